The van der Waals surface area contributed by atoms with Gasteiger partial charge in [0.15, 0.2) is 0 Å². The summed E-state index contributed by atoms with van der Waals surface area (Å²) in [7, 11) is 1.66. The number of nitrogens with zero attached hydrogens (tertiary/aromatic N) is 1. The molecule has 2 amide bonds. The topological polar surface area (TPSA) is 69.6 Å². The molecule has 0 aromatic rings. The fourth-order valence-corrected chi connectivity index (χ4v) is 1.13. The first kappa shape index (κ1) is 7.84. The largest absolute Gasteiger partial charge is 0.465 e. The number of carbonyl (C=O) groups is 2. The zero-order valence-corrected chi connectivity index (χ0v) is 6.20. The fraction of sp³-hybridized carbons (Fsp3) is 0.667. The van der Waals surface area contributed by atoms with Crippen LogP contribution in [-0.4, -0.2) is 41.6 Å². The van der Waals surface area contributed by atoms with Crippen molar-refractivity contribution in [1.29, 1.82) is 0 Å². The molecule has 1 saturated heterocycles. The molecule has 0 bridgehead atoms. The molecule has 0 aromatic carbocycles. The minimum absolute atomic E-state index is 0.0104. The molecule has 0 spiro atoms. The normalized spacial score (nSPS) is 23.9. The van der Waals surface area contributed by atoms with E-state index in [9.17, 15) is 9.59 Å². The van der Waals surface area contributed by atoms with Crippen LogP contribution in [0.15, 0.2) is 0 Å². The number of likely N-dealkylation sites (tertiary alicyclic amines) is 1. The van der Waals surface area contributed by atoms with Gasteiger partial charge in [-0.25, -0.2) is 4.79 Å². The quantitative estimate of drug-likeness (QED) is 0.539. The van der Waals surface area contributed by atoms with Crippen LogP contribution in [0.4, 0.5) is 4.79 Å². The zero-order chi connectivity index (χ0) is 8.43. The number of rotatable bonds is 1. The summed E-state index contributed by atoms with van der Waals surface area (Å²) >= 11 is 0. The van der Waals surface area contributed by atoms with E-state index in [0.29, 0.717) is 6.54 Å². The van der Waals surface area contributed by atoms with Gasteiger partial charge in [-0.3, -0.25) is 4.79 Å². The first-order valence-electron chi connectivity index (χ1n) is 3.33. The van der Waals surface area contributed by atoms with E-state index < -0.39 is 6.09 Å². The summed E-state index contributed by atoms with van der Waals surface area (Å²) in [5.74, 6) is -0.0104. The lowest BCUT2D eigenvalue weighted by Crippen LogP contribution is -2.35. The third kappa shape index (κ3) is 1.83. The number of carbonyl (C=O) groups excluding carboxylic acids is 1. The van der Waals surface area contributed by atoms with Crippen LogP contribution in [-0.2, 0) is 4.79 Å². The molecule has 0 radical (unpaired) electrons. The summed E-state index contributed by atoms with van der Waals surface area (Å²) in [6.45, 7) is 0.477. The lowest BCUT2D eigenvalue weighted by molar-refractivity contribution is -0.126. The van der Waals surface area contributed by atoms with Gasteiger partial charge in [0.25, 0.3) is 0 Å². The van der Waals surface area contributed by atoms with E-state index in [0.717, 1.165) is 0 Å². The monoisotopic (exact) mass is 158 g/mol. The number of nitrogens with one attached hydrogen (secondary N) is 1. The van der Waals surface area contributed by atoms with E-state index in [1.165, 1.54) is 4.90 Å². The predicted molar refractivity (Wildman–Crippen MR) is 37.2 cm³/mol. The second-order valence-corrected chi connectivity index (χ2v) is 2.62. The Morgan fingerprint density at radius 3 is 2.82 bits per heavy atom. The second-order valence-electron chi connectivity index (χ2n) is 2.62. The molecular formula is C6H10N2O3. The molecule has 1 unspecified atom stereocenters. The zero-order valence-electron chi connectivity index (χ0n) is 6.20. The predicted octanol–water partition coefficient (Wildman–Crippen LogP) is -0.515. The molecule has 11 heavy (non-hydrogen) atoms. The lowest BCUT2D eigenvalue weighted by atomic mass is 10.3. The van der Waals surface area contributed by atoms with E-state index in [1.54, 1.807) is 7.05 Å². The number of hydrogen-bond donors (Lipinski definition) is 2. The third-order valence-corrected chi connectivity index (χ3v) is 1.67. The summed E-state index contributed by atoms with van der Waals surface area (Å²) in [4.78, 5) is 22.5. The molecule has 1 aliphatic heterocycles. The Morgan fingerprint density at radius 1 is 1.82 bits per heavy atom. The number of amides is 2. The molecular weight excluding hydrogens is 148 g/mol. The summed E-state index contributed by atoms with van der Waals surface area (Å²) in [5.41, 5.74) is 0. The fourth-order valence-electron chi connectivity index (χ4n) is 1.13. The first-order chi connectivity index (χ1) is 5.09. The number of likely N-dealkylation sites (N-methyl/N-ethyl adjacent to an activating group) is 1. The highest BCUT2D eigenvalue weighted by molar-refractivity contribution is 5.80. The Hall–Kier alpha value is -1.26. The van der Waals surface area contributed by atoms with Gasteiger partial charge in [-0.1, -0.05) is 0 Å². The maximum absolute atomic E-state index is 10.9. The Labute approximate surface area is 64.0 Å². The molecule has 1 atom stereocenters. The molecule has 1 fully saturated rings. The van der Waals surface area contributed by atoms with Crippen LogP contribution in [0, 0.1) is 0 Å². The maximum Gasteiger partial charge on any atom is 0.404 e. The lowest BCUT2D eigenvalue weighted by Gasteiger charge is -2.08. The van der Waals surface area contributed by atoms with Gasteiger partial charge in [0.1, 0.15) is 0 Å². The molecule has 1 aliphatic rings. The van der Waals surface area contributed by atoms with E-state index in [4.69, 9.17) is 5.11 Å². The number of carboxylic acid groups (broad SMARTS) is 1. The molecule has 1 rings (SSSR count). The van der Waals surface area contributed by atoms with Crippen LogP contribution in [0.3, 0.4) is 0 Å². The highest BCUT2D eigenvalue weighted by Gasteiger charge is 2.27. The standard InChI is InChI=1S/C6H10N2O3/c1-8-3-4(2-5(8)9)7-6(10)11/h4,7H,2-3H2,1H3,(H,10,11). The summed E-state index contributed by atoms with van der Waals surface area (Å²) < 4.78 is 0. The van der Waals surface area contributed by atoms with Crippen molar-refractivity contribution in [2.45, 2.75) is 12.5 Å². The van der Waals surface area contributed by atoms with Crippen molar-refractivity contribution in [1.82, 2.24) is 10.2 Å². The third-order valence-electron chi connectivity index (χ3n) is 1.67. The van der Waals surface area contributed by atoms with Crippen molar-refractivity contribution in [2.24, 2.45) is 0 Å². The van der Waals surface area contributed by atoms with Crippen LogP contribution in [0.2, 0.25) is 0 Å². The van der Waals surface area contributed by atoms with Crippen LogP contribution >= 0.6 is 0 Å². The first-order valence-corrected chi connectivity index (χ1v) is 3.33. The highest BCUT2D eigenvalue weighted by Crippen LogP contribution is 2.07. The highest BCUT2D eigenvalue weighted by atomic mass is 16.4. The van der Waals surface area contributed by atoms with Gasteiger partial charge in [0.05, 0.1) is 6.04 Å². The summed E-state index contributed by atoms with van der Waals surface area (Å²) in [6, 6.07) is -0.231. The molecule has 0 saturated carbocycles. The number of hydrogen-bond acceptors (Lipinski definition) is 2. The average molecular weight is 158 g/mol. The SMILES string of the molecule is CN1CC(NC(=O)O)CC1=O. The minimum Gasteiger partial charge on any atom is -0.465 e. The van der Waals surface area contributed by atoms with Gasteiger partial charge >= 0.3 is 6.09 Å². The van der Waals surface area contributed by atoms with Crippen molar-refractivity contribution in [3.8, 4) is 0 Å². The molecule has 1 heterocycles. The maximum atomic E-state index is 10.9. The Balaban J connectivity index is 2.41. The van der Waals surface area contributed by atoms with Crippen LogP contribution in [0.5, 0.6) is 0 Å². The van der Waals surface area contributed by atoms with Crippen LogP contribution < -0.4 is 5.32 Å². The molecule has 5 nitrogen and oxygen atoms in total. The van der Waals surface area contributed by atoms with Gasteiger partial charge in [0, 0.05) is 20.0 Å². The van der Waals surface area contributed by atoms with E-state index in [-0.39, 0.29) is 18.4 Å². The van der Waals surface area contributed by atoms with Crippen molar-refractivity contribution in [3.05, 3.63) is 0 Å². The molecule has 62 valence electrons. The molecule has 5 heteroatoms. The Bertz CT molecular complexity index is 190. The van der Waals surface area contributed by atoms with Crippen molar-refractivity contribution in [3.63, 3.8) is 0 Å². The molecule has 0 aromatic heterocycles. The average Bonchev–Trinajstić information content (AvgIpc) is 2.10. The summed E-state index contributed by atoms with van der Waals surface area (Å²) in [5, 5.41) is 10.6. The van der Waals surface area contributed by atoms with E-state index >= 15 is 0 Å². The van der Waals surface area contributed by atoms with Crippen LogP contribution in [0.25, 0.3) is 0 Å². The Morgan fingerprint density at radius 2 is 2.45 bits per heavy atom. The van der Waals surface area contributed by atoms with E-state index in [2.05, 4.69) is 5.32 Å². The van der Waals surface area contributed by atoms with Gasteiger partial charge in [-0.15, -0.1) is 0 Å². The van der Waals surface area contributed by atoms with Gasteiger partial charge < -0.3 is 15.3 Å². The Kier molecular flexibility index (Phi) is 1.98. The van der Waals surface area contributed by atoms with Crippen molar-refractivity contribution >= 4 is 12.0 Å². The van der Waals surface area contributed by atoms with Gasteiger partial charge in [-0.2, -0.15) is 0 Å². The molecule has 0 aliphatic carbocycles. The second kappa shape index (κ2) is 2.77. The van der Waals surface area contributed by atoms with Gasteiger partial charge in [0.2, 0.25) is 5.91 Å². The smallest absolute Gasteiger partial charge is 0.404 e. The van der Waals surface area contributed by atoms with Crippen LogP contribution in [0.1, 0.15) is 6.42 Å². The van der Waals surface area contributed by atoms with Crippen molar-refractivity contribution < 1.29 is 14.7 Å². The van der Waals surface area contributed by atoms with Crippen molar-refractivity contribution in [2.75, 3.05) is 13.6 Å². The van der Waals surface area contributed by atoms with E-state index in [1.807, 2.05) is 0 Å². The molecule has 2 N–H and O–H groups in total. The van der Waals surface area contributed by atoms with Gasteiger partial charge in [-0.05, 0) is 0 Å². The minimum atomic E-state index is -1.07. The summed E-state index contributed by atoms with van der Waals surface area (Å²) in [6.07, 6.45) is -0.791.